The lowest BCUT2D eigenvalue weighted by atomic mass is 10.0. The van der Waals surface area contributed by atoms with Crippen LogP contribution in [-0.4, -0.2) is 39.8 Å². The van der Waals surface area contributed by atoms with Crippen LogP contribution in [0.2, 0.25) is 0 Å². The summed E-state index contributed by atoms with van der Waals surface area (Å²) >= 11 is 0. The number of piperidine rings is 1. The quantitative estimate of drug-likeness (QED) is 0.922. The van der Waals surface area contributed by atoms with Crippen molar-refractivity contribution in [3.63, 3.8) is 0 Å². The molecule has 0 radical (unpaired) electrons. The van der Waals surface area contributed by atoms with E-state index >= 15 is 0 Å². The maximum absolute atomic E-state index is 12.5. The average molecular weight is 324 g/mol. The summed E-state index contributed by atoms with van der Waals surface area (Å²) in [5.74, 6) is -0.114. The number of anilines is 1. The molecule has 0 bridgehead atoms. The van der Waals surface area contributed by atoms with Crippen LogP contribution in [0.4, 0.5) is 5.69 Å². The largest absolute Gasteiger partial charge is 0.367 e. The molecule has 0 aromatic carbocycles. The first kappa shape index (κ1) is 16.0. The van der Waals surface area contributed by atoms with E-state index < -0.39 is 0 Å². The van der Waals surface area contributed by atoms with Gasteiger partial charge in [-0.15, -0.1) is 0 Å². The minimum Gasteiger partial charge on any atom is -0.367 e. The third-order valence-electron chi connectivity index (χ3n) is 4.25. The first-order valence-corrected chi connectivity index (χ1v) is 7.99. The summed E-state index contributed by atoms with van der Waals surface area (Å²) in [4.78, 5) is 18.7. The molecule has 1 aliphatic rings. The lowest BCUT2D eigenvalue weighted by molar-refractivity contribution is 0.0923. The van der Waals surface area contributed by atoms with Gasteiger partial charge < -0.3 is 10.2 Å². The highest BCUT2D eigenvalue weighted by Gasteiger charge is 2.24. The molecule has 2 aromatic heterocycles. The van der Waals surface area contributed by atoms with Gasteiger partial charge in [0.05, 0.1) is 23.1 Å². The molecule has 24 heavy (non-hydrogen) atoms. The molecule has 0 saturated carbocycles. The van der Waals surface area contributed by atoms with E-state index in [2.05, 4.69) is 26.4 Å². The maximum Gasteiger partial charge on any atom is 0.269 e. The van der Waals surface area contributed by atoms with Gasteiger partial charge in [-0.05, 0) is 31.9 Å². The van der Waals surface area contributed by atoms with Crippen LogP contribution in [0.1, 0.15) is 34.6 Å². The number of carbonyl (C=O) groups excluding carboxylic acids is 1. The van der Waals surface area contributed by atoms with Crippen LogP contribution in [0.3, 0.4) is 0 Å². The highest BCUT2D eigenvalue weighted by Crippen LogP contribution is 2.22. The molecule has 1 amide bonds. The van der Waals surface area contributed by atoms with Crippen LogP contribution < -0.4 is 10.2 Å². The summed E-state index contributed by atoms with van der Waals surface area (Å²) in [6.07, 6.45) is 5.21. The average Bonchev–Trinajstić information content (AvgIpc) is 2.93. The smallest absolute Gasteiger partial charge is 0.269 e. The number of nitrogens with zero attached hydrogens (tertiary/aromatic N) is 5. The van der Waals surface area contributed by atoms with Gasteiger partial charge in [-0.25, -0.2) is 0 Å². The highest BCUT2D eigenvalue weighted by atomic mass is 16.2. The summed E-state index contributed by atoms with van der Waals surface area (Å²) in [5.41, 5.74) is 2.82. The monoisotopic (exact) mass is 324 g/mol. The van der Waals surface area contributed by atoms with E-state index in [-0.39, 0.29) is 11.9 Å². The van der Waals surface area contributed by atoms with Crippen molar-refractivity contribution in [3.8, 4) is 6.07 Å². The molecule has 0 aliphatic carbocycles. The van der Waals surface area contributed by atoms with Gasteiger partial charge in [0.1, 0.15) is 11.8 Å². The van der Waals surface area contributed by atoms with E-state index in [1.807, 2.05) is 6.92 Å². The van der Waals surface area contributed by atoms with Crippen LogP contribution in [0, 0.1) is 18.3 Å². The molecule has 3 heterocycles. The van der Waals surface area contributed by atoms with Gasteiger partial charge >= 0.3 is 0 Å². The fraction of sp³-hybridized carbons (Fsp3) is 0.412. The molecule has 1 N–H and O–H groups in total. The number of amides is 1. The Morgan fingerprint density at radius 2 is 2.33 bits per heavy atom. The summed E-state index contributed by atoms with van der Waals surface area (Å²) < 4.78 is 1.60. The third kappa shape index (κ3) is 3.23. The minimum atomic E-state index is -0.114. The summed E-state index contributed by atoms with van der Waals surface area (Å²) in [7, 11) is 1.77. The lowest BCUT2D eigenvalue weighted by Gasteiger charge is -2.34. The van der Waals surface area contributed by atoms with Crippen molar-refractivity contribution in [2.24, 2.45) is 7.05 Å². The van der Waals surface area contributed by atoms with E-state index in [1.54, 1.807) is 36.3 Å². The number of aryl methyl sites for hydroxylation is 2. The fourth-order valence-corrected chi connectivity index (χ4v) is 3.13. The Hall–Kier alpha value is -2.88. The van der Waals surface area contributed by atoms with Crippen molar-refractivity contribution < 1.29 is 4.79 Å². The van der Waals surface area contributed by atoms with Gasteiger partial charge in [-0.3, -0.25) is 14.5 Å². The molecule has 124 valence electrons. The standard InChI is InChI=1S/C17H20N6O/c1-12-8-15(22(2)21-12)17(24)20-14-4-3-7-23(11-14)16-10-19-6-5-13(16)9-18/h5-6,8,10,14H,3-4,7,11H2,1-2H3,(H,20,24). The van der Waals surface area contributed by atoms with Crippen LogP contribution in [-0.2, 0) is 7.05 Å². The highest BCUT2D eigenvalue weighted by molar-refractivity contribution is 5.92. The van der Waals surface area contributed by atoms with Crippen LogP contribution in [0.25, 0.3) is 0 Å². The van der Waals surface area contributed by atoms with Crippen LogP contribution >= 0.6 is 0 Å². The van der Waals surface area contributed by atoms with E-state index in [0.29, 0.717) is 17.8 Å². The second-order valence-electron chi connectivity index (χ2n) is 6.06. The fourth-order valence-electron chi connectivity index (χ4n) is 3.13. The number of hydrogen-bond acceptors (Lipinski definition) is 5. The van der Waals surface area contributed by atoms with E-state index in [4.69, 9.17) is 0 Å². The SMILES string of the molecule is Cc1cc(C(=O)NC2CCCN(c3cnccc3C#N)C2)n(C)n1. The lowest BCUT2D eigenvalue weighted by Crippen LogP contribution is -2.48. The molecule has 7 heteroatoms. The van der Waals surface area contributed by atoms with Crippen molar-refractivity contribution in [2.45, 2.75) is 25.8 Å². The topological polar surface area (TPSA) is 86.8 Å². The first-order chi connectivity index (χ1) is 11.6. The number of pyridine rings is 1. The third-order valence-corrected chi connectivity index (χ3v) is 4.25. The molecule has 7 nitrogen and oxygen atoms in total. The number of hydrogen-bond donors (Lipinski definition) is 1. The Balaban J connectivity index is 1.71. The number of carbonyl (C=O) groups is 1. The Morgan fingerprint density at radius 3 is 3.04 bits per heavy atom. The zero-order valence-electron chi connectivity index (χ0n) is 13.9. The molecular formula is C17H20N6O. The molecule has 1 fully saturated rings. The molecule has 1 aliphatic heterocycles. The second-order valence-corrected chi connectivity index (χ2v) is 6.06. The molecule has 1 atom stereocenters. The van der Waals surface area contributed by atoms with E-state index in [0.717, 1.165) is 30.8 Å². The predicted molar refractivity (Wildman–Crippen MR) is 89.6 cm³/mol. The van der Waals surface area contributed by atoms with Gasteiger partial charge in [-0.1, -0.05) is 0 Å². The number of nitriles is 1. The molecular weight excluding hydrogens is 304 g/mol. The molecule has 1 unspecified atom stereocenters. The van der Waals surface area contributed by atoms with Gasteiger partial charge in [0.25, 0.3) is 5.91 Å². The minimum absolute atomic E-state index is 0.0354. The molecule has 1 saturated heterocycles. The van der Waals surface area contributed by atoms with Crippen molar-refractivity contribution in [1.82, 2.24) is 20.1 Å². The van der Waals surface area contributed by atoms with Crippen molar-refractivity contribution in [1.29, 1.82) is 5.26 Å². The van der Waals surface area contributed by atoms with Gasteiger partial charge in [0, 0.05) is 32.4 Å². The molecule has 3 rings (SSSR count). The number of aromatic nitrogens is 3. The normalized spacial score (nSPS) is 17.4. The number of rotatable bonds is 3. The van der Waals surface area contributed by atoms with Crippen molar-refractivity contribution in [2.75, 3.05) is 18.0 Å². The Bertz CT molecular complexity index is 791. The number of nitrogens with one attached hydrogen (secondary N) is 1. The molecule has 0 spiro atoms. The first-order valence-electron chi connectivity index (χ1n) is 7.99. The zero-order chi connectivity index (χ0) is 17.1. The van der Waals surface area contributed by atoms with Gasteiger partial charge in [0.15, 0.2) is 0 Å². The van der Waals surface area contributed by atoms with Gasteiger partial charge in [-0.2, -0.15) is 10.4 Å². The van der Waals surface area contributed by atoms with Crippen LogP contribution in [0.5, 0.6) is 0 Å². The van der Waals surface area contributed by atoms with Crippen molar-refractivity contribution in [3.05, 3.63) is 41.5 Å². The van der Waals surface area contributed by atoms with E-state index in [9.17, 15) is 10.1 Å². The summed E-state index contributed by atoms with van der Waals surface area (Å²) in [6.45, 7) is 3.39. The van der Waals surface area contributed by atoms with Crippen LogP contribution in [0.15, 0.2) is 24.5 Å². The summed E-state index contributed by atoms with van der Waals surface area (Å²) in [5, 5.41) is 16.6. The Labute approximate surface area is 140 Å². The molecule has 2 aromatic rings. The van der Waals surface area contributed by atoms with E-state index in [1.165, 1.54) is 0 Å². The Kier molecular flexibility index (Phi) is 4.47. The predicted octanol–water partition coefficient (Wildman–Crippen LogP) is 1.39. The van der Waals surface area contributed by atoms with Gasteiger partial charge in [0.2, 0.25) is 0 Å². The Morgan fingerprint density at radius 1 is 1.50 bits per heavy atom. The summed E-state index contributed by atoms with van der Waals surface area (Å²) in [6, 6.07) is 5.74. The van der Waals surface area contributed by atoms with Crippen molar-refractivity contribution >= 4 is 11.6 Å². The second kappa shape index (κ2) is 6.71. The maximum atomic E-state index is 12.5. The zero-order valence-corrected chi connectivity index (χ0v) is 13.9.